The summed E-state index contributed by atoms with van der Waals surface area (Å²) in [6.07, 6.45) is -1.16. The topological polar surface area (TPSA) is 95.9 Å². The second-order valence-electron chi connectivity index (χ2n) is 2.94. The largest absolute Gasteiger partial charge is 0.479 e. The van der Waals surface area contributed by atoms with Crippen molar-refractivity contribution in [1.29, 1.82) is 0 Å². The predicted octanol–water partition coefficient (Wildman–Crippen LogP) is -0.635. The van der Waals surface area contributed by atoms with Crippen LogP contribution in [-0.2, 0) is 14.3 Å². The van der Waals surface area contributed by atoms with Crippen LogP contribution < -0.4 is 5.32 Å². The summed E-state index contributed by atoms with van der Waals surface area (Å²) in [6, 6.07) is 0. The lowest BCUT2D eigenvalue weighted by atomic mass is 10.2. The zero-order chi connectivity index (χ0) is 11.7. The Balaban J connectivity index is 3.42. The number of aliphatic hydroxyl groups is 1. The van der Waals surface area contributed by atoms with Crippen molar-refractivity contribution in [1.82, 2.24) is 5.32 Å². The Bertz CT molecular complexity index is 207. The number of ether oxygens (including phenoxy) is 1. The SMILES string of the molecule is CCOCCC(=O)NCC[C@H](O)C(=O)O. The van der Waals surface area contributed by atoms with Gasteiger partial charge in [0.05, 0.1) is 6.61 Å². The molecule has 3 N–H and O–H groups in total. The molecule has 0 spiro atoms. The molecule has 0 fully saturated rings. The smallest absolute Gasteiger partial charge is 0.332 e. The third-order valence-electron chi connectivity index (χ3n) is 1.70. The van der Waals surface area contributed by atoms with Crippen molar-refractivity contribution in [3.05, 3.63) is 0 Å². The van der Waals surface area contributed by atoms with E-state index in [1.165, 1.54) is 0 Å². The molecule has 0 aromatic carbocycles. The summed E-state index contributed by atoms with van der Waals surface area (Å²) in [6.45, 7) is 2.90. The molecule has 1 atom stereocenters. The zero-order valence-electron chi connectivity index (χ0n) is 8.73. The Hall–Kier alpha value is -1.14. The van der Waals surface area contributed by atoms with E-state index in [-0.39, 0.29) is 25.3 Å². The van der Waals surface area contributed by atoms with Crippen LogP contribution in [-0.4, -0.2) is 48.0 Å². The molecule has 0 aliphatic rings. The quantitative estimate of drug-likeness (QED) is 0.472. The maximum absolute atomic E-state index is 11.0. The van der Waals surface area contributed by atoms with Crippen LogP contribution in [0.15, 0.2) is 0 Å². The van der Waals surface area contributed by atoms with Gasteiger partial charge in [-0.05, 0) is 6.92 Å². The van der Waals surface area contributed by atoms with Gasteiger partial charge in [-0.15, -0.1) is 0 Å². The summed E-state index contributed by atoms with van der Waals surface area (Å²) in [7, 11) is 0. The molecule has 0 rings (SSSR count). The highest BCUT2D eigenvalue weighted by atomic mass is 16.5. The molecule has 0 unspecified atom stereocenters. The first kappa shape index (κ1) is 13.9. The Labute approximate surface area is 88.2 Å². The molecular weight excluding hydrogens is 202 g/mol. The van der Waals surface area contributed by atoms with Crippen LogP contribution in [0.4, 0.5) is 0 Å². The van der Waals surface area contributed by atoms with Gasteiger partial charge in [0.2, 0.25) is 5.91 Å². The molecule has 88 valence electrons. The molecule has 6 nitrogen and oxygen atoms in total. The van der Waals surface area contributed by atoms with E-state index in [1.54, 1.807) is 0 Å². The van der Waals surface area contributed by atoms with Gasteiger partial charge in [0.1, 0.15) is 0 Å². The van der Waals surface area contributed by atoms with Gasteiger partial charge in [-0.25, -0.2) is 4.79 Å². The molecule has 0 aliphatic heterocycles. The van der Waals surface area contributed by atoms with Crippen molar-refractivity contribution in [3.8, 4) is 0 Å². The van der Waals surface area contributed by atoms with Crippen LogP contribution in [0.5, 0.6) is 0 Å². The molecule has 0 heterocycles. The van der Waals surface area contributed by atoms with Gasteiger partial charge in [0.25, 0.3) is 0 Å². The van der Waals surface area contributed by atoms with Gasteiger partial charge in [-0.2, -0.15) is 0 Å². The minimum absolute atomic E-state index is 0.00963. The summed E-state index contributed by atoms with van der Waals surface area (Å²) in [4.78, 5) is 21.3. The fourth-order valence-electron chi connectivity index (χ4n) is 0.869. The fraction of sp³-hybridized carbons (Fsp3) is 0.778. The Morgan fingerprint density at radius 2 is 2.13 bits per heavy atom. The molecule has 15 heavy (non-hydrogen) atoms. The molecule has 6 heteroatoms. The summed E-state index contributed by atoms with van der Waals surface area (Å²) in [5.41, 5.74) is 0. The van der Waals surface area contributed by atoms with Crippen LogP contribution in [0.25, 0.3) is 0 Å². The van der Waals surface area contributed by atoms with E-state index in [9.17, 15) is 9.59 Å². The van der Waals surface area contributed by atoms with E-state index in [0.717, 1.165) is 0 Å². The molecule has 0 saturated carbocycles. The fourth-order valence-corrected chi connectivity index (χ4v) is 0.869. The Kier molecular flexibility index (Phi) is 7.57. The average Bonchev–Trinajstić information content (AvgIpc) is 2.18. The number of carbonyl (C=O) groups is 2. The summed E-state index contributed by atoms with van der Waals surface area (Å²) in [5.74, 6) is -1.49. The maximum Gasteiger partial charge on any atom is 0.332 e. The highest BCUT2D eigenvalue weighted by Crippen LogP contribution is 1.90. The Morgan fingerprint density at radius 3 is 2.67 bits per heavy atom. The third-order valence-corrected chi connectivity index (χ3v) is 1.70. The Morgan fingerprint density at radius 1 is 1.47 bits per heavy atom. The van der Waals surface area contributed by atoms with Crippen LogP contribution in [0.1, 0.15) is 19.8 Å². The van der Waals surface area contributed by atoms with Crippen LogP contribution in [0.2, 0.25) is 0 Å². The van der Waals surface area contributed by atoms with Crippen LogP contribution in [0, 0.1) is 0 Å². The number of nitrogens with one attached hydrogen (secondary N) is 1. The van der Waals surface area contributed by atoms with E-state index in [0.29, 0.717) is 13.2 Å². The van der Waals surface area contributed by atoms with E-state index in [4.69, 9.17) is 14.9 Å². The molecule has 0 aromatic rings. The maximum atomic E-state index is 11.0. The molecule has 0 aliphatic carbocycles. The van der Waals surface area contributed by atoms with Crippen molar-refractivity contribution in [2.45, 2.75) is 25.9 Å². The van der Waals surface area contributed by atoms with Gasteiger partial charge in [0, 0.05) is 26.0 Å². The second-order valence-corrected chi connectivity index (χ2v) is 2.94. The van der Waals surface area contributed by atoms with Crippen molar-refractivity contribution in [2.75, 3.05) is 19.8 Å². The lowest BCUT2D eigenvalue weighted by Gasteiger charge is -2.07. The van der Waals surface area contributed by atoms with Gasteiger partial charge < -0.3 is 20.3 Å². The lowest BCUT2D eigenvalue weighted by Crippen LogP contribution is -2.30. The van der Waals surface area contributed by atoms with E-state index in [1.807, 2.05) is 6.92 Å². The first-order chi connectivity index (χ1) is 7.07. The summed E-state index contributed by atoms with van der Waals surface area (Å²) >= 11 is 0. The highest BCUT2D eigenvalue weighted by Gasteiger charge is 2.12. The number of carboxylic acid groups (broad SMARTS) is 1. The van der Waals surface area contributed by atoms with Crippen molar-refractivity contribution >= 4 is 11.9 Å². The van der Waals surface area contributed by atoms with E-state index < -0.39 is 12.1 Å². The van der Waals surface area contributed by atoms with Crippen LogP contribution >= 0.6 is 0 Å². The first-order valence-electron chi connectivity index (χ1n) is 4.83. The van der Waals surface area contributed by atoms with Crippen molar-refractivity contribution < 1.29 is 24.5 Å². The minimum Gasteiger partial charge on any atom is -0.479 e. The lowest BCUT2D eigenvalue weighted by molar-refractivity contribution is -0.147. The zero-order valence-corrected chi connectivity index (χ0v) is 8.73. The van der Waals surface area contributed by atoms with Gasteiger partial charge >= 0.3 is 5.97 Å². The monoisotopic (exact) mass is 219 g/mol. The molecule has 0 radical (unpaired) electrons. The number of amides is 1. The number of hydrogen-bond donors (Lipinski definition) is 3. The second kappa shape index (κ2) is 8.19. The molecule has 1 amide bonds. The predicted molar refractivity (Wildman–Crippen MR) is 52.4 cm³/mol. The van der Waals surface area contributed by atoms with Crippen LogP contribution in [0.3, 0.4) is 0 Å². The highest BCUT2D eigenvalue weighted by molar-refractivity contribution is 5.76. The van der Waals surface area contributed by atoms with Crippen molar-refractivity contribution in [2.24, 2.45) is 0 Å². The van der Waals surface area contributed by atoms with E-state index >= 15 is 0 Å². The van der Waals surface area contributed by atoms with Crippen molar-refractivity contribution in [3.63, 3.8) is 0 Å². The van der Waals surface area contributed by atoms with Gasteiger partial charge in [-0.3, -0.25) is 4.79 Å². The number of carbonyl (C=O) groups excluding carboxylic acids is 1. The normalized spacial score (nSPS) is 12.1. The van der Waals surface area contributed by atoms with E-state index in [2.05, 4.69) is 5.32 Å². The summed E-state index contributed by atoms with van der Waals surface area (Å²) < 4.78 is 4.97. The molecular formula is C9H17NO5. The third kappa shape index (κ3) is 7.90. The number of hydrogen-bond acceptors (Lipinski definition) is 4. The molecule has 0 aromatic heterocycles. The first-order valence-corrected chi connectivity index (χ1v) is 4.83. The average molecular weight is 219 g/mol. The standard InChI is InChI=1S/C9H17NO5/c1-2-15-6-4-8(12)10-5-3-7(11)9(13)14/h7,11H,2-6H2,1H3,(H,10,12)(H,13,14)/t7-/m0/s1. The minimum atomic E-state index is -1.42. The number of rotatable bonds is 8. The molecule has 0 saturated heterocycles. The summed E-state index contributed by atoms with van der Waals surface area (Å²) in [5, 5.41) is 19.7. The number of carboxylic acids is 1. The van der Waals surface area contributed by atoms with Gasteiger partial charge in [0.15, 0.2) is 6.10 Å². The molecule has 0 bridgehead atoms. The number of aliphatic carboxylic acids is 1. The van der Waals surface area contributed by atoms with Gasteiger partial charge in [-0.1, -0.05) is 0 Å². The number of aliphatic hydroxyl groups excluding tert-OH is 1.